The van der Waals surface area contributed by atoms with E-state index < -0.39 is 23.6 Å². The number of rotatable bonds is 8. The predicted octanol–water partition coefficient (Wildman–Crippen LogP) is 4.12. The average molecular weight is 458 g/mol. The van der Waals surface area contributed by atoms with Crippen molar-refractivity contribution in [2.24, 2.45) is 5.73 Å². The topological polar surface area (TPSA) is 112 Å². The molecule has 0 aliphatic carbocycles. The second-order valence-corrected chi connectivity index (χ2v) is 9.24. The zero-order valence-electron chi connectivity index (χ0n) is 20.3. The van der Waals surface area contributed by atoms with Crippen molar-refractivity contribution in [3.8, 4) is 5.75 Å². The molecule has 1 aliphatic rings. The summed E-state index contributed by atoms with van der Waals surface area (Å²) in [5.41, 5.74) is 7.17. The van der Waals surface area contributed by atoms with Crippen molar-refractivity contribution in [2.75, 3.05) is 0 Å². The second-order valence-electron chi connectivity index (χ2n) is 9.24. The molecule has 1 aliphatic heterocycles. The van der Waals surface area contributed by atoms with Crippen molar-refractivity contribution in [3.05, 3.63) is 65.7 Å². The summed E-state index contributed by atoms with van der Waals surface area (Å²) in [7, 11) is 0. The molecule has 1 aromatic carbocycles. The van der Waals surface area contributed by atoms with Crippen molar-refractivity contribution in [3.63, 3.8) is 0 Å². The molecule has 33 heavy (non-hydrogen) atoms. The van der Waals surface area contributed by atoms with Crippen LogP contribution in [-0.2, 0) is 26.5 Å². The molecular formula is C25H35N3O5. The summed E-state index contributed by atoms with van der Waals surface area (Å²) < 4.78 is 16.8. The van der Waals surface area contributed by atoms with E-state index in [0.717, 1.165) is 11.1 Å². The van der Waals surface area contributed by atoms with Gasteiger partial charge in [0.2, 0.25) is 5.91 Å². The summed E-state index contributed by atoms with van der Waals surface area (Å²) in [5.74, 6) is 0.577. The lowest BCUT2D eigenvalue weighted by Gasteiger charge is -2.22. The Hall–Kier alpha value is -3.26. The van der Waals surface area contributed by atoms with Crippen LogP contribution in [-0.4, -0.2) is 23.6 Å². The maximum atomic E-state index is 12.6. The van der Waals surface area contributed by atoms with Crippen LogP contribution in [0.2, 0.25) is 0 Å². The van der Waals surface area contributed by atoms with Crippen LogP contribution in [0.3, 0.4) is 0 Å². The fourth-order valence-electron chi connectivity index (χ4n) is 3.18. The van der Waals surface area contributed by atoms with Crippen molar-refractivity contribution in [1.29, 1.82) is 0 Å². The van der Waals surface area contributed by atoms with E-state index in [4.69, 9.17) is 19.9 Å². The van der Waals surface area contributed by atoms with E-state index in [0.29, 0.717) is 30.2 Å². The molecule has 8 heteroatoms. The monoisotopic (exact) mass is 457 g/mol. The van der Waals surface area contributed by atoms with Crippen molar-refractivity contribution in [2.45, 2.75) is 71.8 Å². The van der Waals surface area contributed by atoms with Gasteiger partial charge in [-0.05, 0) is 76.5 Å². The van der Waals surface area contributed by atoms with E-state index in [1.165, 1.54) is 6.20 Å². The number of benzene rings is 1. The number of ether oxygens (including phenoxy) is 3. The fourth-order valence-corrected chi connectivity index (χ4v) is 3.18. The SMILES string of the molecule is C=C(/C=C\C(=C/N)NC(=O)[C@@H](CC)NC(=O)OC(C)(C)C)Oc1ccc2c(c1)C(C)(C)OC2. The number of alkyl carbamates (subject to hydrolysis) is 1. The highest BCUT2D eigenvalue weighted by Gasteiger charge is 2.31. The number of nitrogens with two attached hydrogens (primary N) is 1. The number of nitrogens with one attached hydrogen (secondary N) is 2. The molecule has 0 saturated heterocycles. The lowest BCUT2D eigenvalue weighted by Crippen LogP contribution is -2.47. The average Bonchev–Trinajstić information content (AvgIpc) is 3.02. The molecule has 0 spiro atoms. The molecule has 0 radical (unpaired) electrons. The third kappa shape index (κ3) is 7.68. The van der Waals surface area contributed by atoms with Gasteiger partial charge in [0, 0.05) is 6.20 Å². The maximum Gasteiger partial charge on any atom is 0.408 e. The highest BCUT2D eigenvalue weighted by molar-refractivity contribution is 5.87. The summed E-state index contributed by atoms with van der Waals surface area (Å²) in [6.45, 7) is 15.5. The third-order valence-corrected chi connectivity index (χ3v) is 4.88. The Morgan fingerprint density at radius 2 is 2.00 bits per heavy atom. The molecule has 1 atom stereocenters. The molecule has 0 fully saturated rings. The van der Waals surface area contributed by atoms with Crippen LogP contribution in [0.4, 0.5) is 4.79 Å². The van der Waals surface area contributed by atoms with Gasteiger partial charge in [-0.2, -0.15) is 0 Å². The summed E-state index contributed by atoms with van der Waals surface area (Å²) in [6.07, 6.45) is 4.12. The normalized spacial score (nSPS) is 16.1. The first-order valence-electron chi connectivity index (χ1n) is 10.9. The summed E-state index contributed by atoms with van der Waals surface area (Å²) in [5, 5.41) is 5.24. The third-order valence-electron chi connectivity index (χ3n) is 4.88. The first-order chi connectivity index (χ1) is 15.3. The largest absolute Gasteiger partial charge is 0.458 e. The zero-order chi connectivity index (χ0) is 24.8. The van der Waals surface area contributed by atoms with Crippen LogP contribution < -0.4 is 21.1 Å². The molecule has 4 N–H and O–H groups in total. The highest BCUT2D eigenvalue weighted by Crippen LogP contribution is 2.37. The summed E-state index contributed by atoms with van der Waals surface area (Å²) in [4.78, 5) is 24.6. The zero-order valence-corrected chi connectivity index (χ0v) is 20.3. The van der Waals surface area contributed by atoms with Crippen LogP contribution >= 0.6 is 0 Å². The summed E-state index contributed by atoms with van der Waals surface area (Å²) >= 11 is 0. The molecule has 2 rings (SSSR count). The Morgan fingerprint density at radius 1 is 1.30 bits per heavy atom. The van der Waals surface area contributed by atoms with Crippen LogP contribution in [0.15, 0.2) is 54.6 Å². The predicted molar refractivity (Wildman–Crippen MR) is 127 cm³/mol. The molecule has 8 nitrogen and oxygen atoms in total. The Kier molecular flexibility index (Phi) is 8.33. The van der Waals surface area contributed by atoms with Gasteiger partial charge in [-0.3, -0.25) is 4.79 Å². The van der Waals surface area contributed by atoms with E-state index in [2.05, 4.69) is 17.2 Å². The number of carbonyl (C=O) groups is 2. The standard InChI is InChI=1S/C25H35N3O5/c1-8-21(28-23(30)33-24(3,4)5)22(29)27-18(14-26)11-9-16(2)32-19-12-10-17-15-31-25(6,7)20(17)13-19/h9-14,21H,2,8,15,26H2,1,3-7H3,(H,27,29)(H,28,30)/b11-9-,18-14+/t21-/m1/s1. The molecule has 0 bridgehead atoms. The Labute approximate surface area is 195 Å². The van der Waals surface area contributed by atoms with E-state index >= 15 is 0 Å². The Balaban J connectivity index is 1.95. The Morgan fingerprint density at radius 3 is 2.61 bits per heavy atom. The van der Waals surface area contributed by atoms with Crippen LogP contribution in [0, 0.1) is 0 Å². The van der Waals surface area contributed by atoms with Gasteiger partial charge in [0.1, 0.15) is 23.2 Å². The van der Waals surface area contributed by atoms with Crippen LogP contribution in [0.5, 0.6) is 5.75 Å². The number of hydrogen-bond acceptors (Lipinski definition) is 6. The van der Waals surface area contributed by atoms with E-state index in [1.54, 1.807) is 39.8 Å². The smallest absolute Gasteiger partial charge is 0.408 e. The minimum atomic E-state index is -0.778. The van der Waals surface area contributed by atoms with Gasteiger partial charge in [-0.1, -0.05) is 19.6 Å². The first-order valence-corrected chi connectivity index (χ1v) is 10.9. The quantitative estimate of drug-likeness (QED) is 0.400. The number of carbonyl (C=O) groups excluding carboxylic acids is 2. The summed E-state index contributed by atoms with van der Waals surface area (Å²) in [6, 6.07) is 5.00. The van der Waals surface area contributed by atoms with Crippen molar-refractivity contribution >= 4 is 12.0 Å². The van der Waals surface area contributed by atoms with Crippen molar-refractivity contribution < 1.29 is 23.8 Å². The molecule has 0 saturated carbocycles. The molecule has 1 heterocycles. The maximum absolute atomic E-state index is 12.6. The Bertz CT molecular complexity index is 957. The second kappa shape index (κ2) is 10.6. The van der Waals surface area contributed by atoms with Crippen LogP contribution in [0.25, 0.3) is 0 Å². The number of allylic oxidation sites excluding steroid dienone is 2. The molecule has 0 unspecified atom stereocenters. The van der Waals surface area contributed by atoms with Gasteiger partial charge in [-0.25, -0.2) is 4.79 Å². The van der Waals surface area contributed by atoms with Gasteiger partial charge in [0.15, 0.2) is 0 Å². The molecule has 180 valence electrons. The lowest BCUT2D eigenvalue weighted by atomic mass is 9.96. The van der Waals surface area contributed by atoms with E-state index in [-0.39, 0.29) is 5.60 Å². The minimum Gasteiger partial charge on any atom is -0.458 e. The lowest BCUT2D eigenvalue weighted by molar-refractivity contribution is -0.122. The molecule has 0 aromatic heterocycles. The molecule has 1 aromatic rings. The molecular weight excluding hydrogens is 422 g/mol. The van der Waals surface area contributed by atoms with Gasteiger partial charge < -0.3 is 30.6 Å². The fraction of sp³-hybridized carbons (Fsp3) is 0.440. The van der Waals surface area contributed by atoms with Gasteiger partial charge >= 0.3 is 6.09 Å². The molecule has 2 amide bonds. The first kappa shape index (κ1) is 26.0. The van der Waals surface area contributed by atoms with Crippen LogP contribution in [0.1, 0.15) is 59.1 Å². The van der Waals surface area contributed by atoms with E-state index in [9.17, 15) is 9.59 Å². The van der Waals surface area contributed by atoms with Crippen molar-refractivity contribution in [1.82, 2.24) is 10.6 Å². The van der Waals surface area contributed by atoms with Gasteiger partial charge in [0.25, 0.3) is 0 Å². The number of hydrogen-bond donors (Lipinski definition) is 3. The number of amides is 2. The number of fused-ring (bicyclic) bond motifs is 1. The highest BCUT2D eigenvalue weighted by atomic mass is 16.6. The minimum absolute atomic E-state index is 0.331. The van der Waals surface area contributed by atoms with E-state index in [1.807, 2.05) is 32.0 Å². The van der Waals surface area contributed by atoms with Gasteiger partial charge in [0.05, 0.1) is 17.9 Å². The van der Waals surface area contributed by atoms with Gasteiger partial charge in [-0.15, -0.1) is 0 Å².